The molecule has 1 saturated heterocycles. The number of fused-ring (bicyclic) bond motifs is 6. The molecule has 0 N–H and O–H groups in total. The lowest BCUT2D eigenvalue weighted by molar-refractivity contribution is -0.142. The van der Waals surface area contributed by atoms with Crippen molar-refractivity contribution in [3.8, 4) is 17.2 Å². The summed E-state index contributed by atoms with van der Waals surface area (Å²) >= 11 is 0. The van der Waals surface area contributed by atoms with Gasteiger partial charge in [-0.05, 0) is 78.9 Å². The van der Waals surface area contributed by atoms with Crippen LogP contribution in [0.5, 0.6) is 17.2 Å². The second kappa shape index (κ2) is 8.05. The molecule has 0 saturated carbocycles. The van der Waals surface area contributed by atoms with Gasteiger partial charge in [0.25, 0.3) is 0 Å². The number of benzene rings is 3. The SMILES string of the molecule is Cc1ccc2c(c1)OC(=O)[C@@H]1C2=C[C@H](c2ccc3c(c2)OCO3)[C@H]2C(=O)N(c3ccc(C)c(C)c3)C(=O)[C@H]12. The van der Waals surface area contributed by atoms with Gasteiger partial charge in [0.2, 0.25) is 18.6 Å². The van der Waals surface area contributed by atoms with Gasteiger partial charge in [-0.15, -0.1) is 0 Å². The Morgan fingerprint density at radius 1 is 0.763 bits per heavy atom. The minimum Gasteiger partial charge on any atom is -0.454 e. The first-order valence-corrected chi connectivity index (χ1v) is 12.7. The number of allylic oxidation sites excluding steroid dienone is 1. The molecule has 0 spiro atoms. The molecule has 0 aromatic heterocycles. The summed E-state index contributed by atoms with van der Waals surface area (Å²) in [5.74, 6) is -2.46. The molecule has 7 rings (SSSR count). The van der Waals surface area contributed by atoms with Crippen molar-refractivity contribution in [2.75, 3.05) is 11.7 Å². The fourth-order valence-corrected chi connectivity index (χ4v) is 6.23. The Kier molecular flexibility index (Phi) is 4.83. The molecule has 1 aliphatic carbocycles. The molecule has 3 aromatic carbocycles. The van der Waals surface area contributed by atoms with Crippen LogP contribution in [-0.4, -0.2) is 24.6 Å². The Hall–Kier alpha value is -4.39. The number of anilines is 1. The van der Waals surface area contributed by atoms with Gasteiger partial charge in [0, 0.05) is 11.5 Å². The molecule has 4 aliphatic rings. The van der Waals surface area contributed by atoms with E-state index in [-0.39, 0.29) is 18.6 Å². The van der Waals surface area contributed by atoms with Gasteiger partial charge in [-0.25, -0.2) is 4.90 Å². The van der Waals surface area contributed by atoms with Crippen LogP contribution < -0.4 is 19.1 Å². The molecule has 4 atom stereocenters. The Bertz CT molecular complexity index is 1600. The van der Waals surface area contributed by atoms with Crippen molar-refractivity contribution in [2.24, 2.45) is 17.8 Å². The first kappa shape index (κ1) is 22.8. The maximum Gasteiger partial charge on any atom is 0.319 e. The summed E-state index contributed by atoms with van der Waals surface area (Å²) in [6, 6.07) is 16.9. The van der Waals surface area contributed by atoms with Gasteiger partial charge < -0.3 is 14.2 Å². The number of aryl methyl sites for hydroxylation is 3. The number of esters is 1. The summed E-state index contributed by atoms with van der Waals surface area (Å²) in [5.41, 5.74) is 5.84. The van der Waals surface area contributed by atoms with E-state index >= 15 is 0 Å². The highest BCUT2D eigenvalue weighted by Gasteiger charge is 2.60. The summed E-state index contributed by atoms with van der Waals surface area (Å²) in [5, 5.41) is 0. The first-order valence-electron chi connectivity index (χ1n) is 12.7. The van der Waals surface area contributed by atoms with Crippen LogP contribution in [0.1, 0.15) is 33.7 Å². The van der Waals surface area contributed by atoms with Crippen LogP contribution in [0.4, 0.5) is 5.69 Å². The Morgan fingerprint density at radius 3 is 2.37 bits per heavy atom. The Labute approximate surface area is 219 Å². The van der Waals surface area contributed by atoms with Crippen LogP contribution in [0.3, 0.4) is 0 Å². The third-order valence-corrected chi connectivity index (χ3v) is 8.28. The van der Waals surface area contributed by atoms with E-state index in [1.165, 1.54) is 4.90 Å². The number of carbonyl (C=O) groups is 3. The Morgan fingerprint density at radius 2 is 1.55 bits per heavy atom. The average Bonchev–Trinajstić information content (AvgIpc) is 3.47. The van der Waals surface area contributed by atoms with Gasteiger partial charge in [0.15, 0.2) is 11.5 Å². The highest BCUT2D eigenvalue weighted by atomic mass is 16.7. The summed E-state index contributed by atoms with van der Waals surface area (Å²) in [6.07, 6.45) is 1.98. The number of imide groups is 1. The average molecular weight is 508 g/mol. The maximum absolute atomic E-state index is 14.1. The number of hydrogen-bond donors (Lipinski definition) is 0. The van der Waals surface area contributed by atoms with Gasteiger partial charge in [-0.1, -0.05) is 30.3 Å². The summed E-state index contributed by atoms with van der Waals surface area (Å²) < 4.78 is 16.9. The van der Waals surface area contributed by atoms with E-state index in [1.54, 1.807) is 6.07 Å². The van der Waals surface area contributed by atoms with Crippen molar-refractivity contribution in [2.45, 2.75) is 26.7 Å². The van der Waals surface area contributed by atoms with Crippen LogP contribution in [0.25, 0.3) is 5.57 Å². The van der Waals surface area contributed by atoms with Crippen molar-refractivity contribution in [3.05, 3.63) is 88.5 Å². The highest BCUT2D eigenvalue weighted by molar-refractivity contribution is 6.24. The topological polar surface area (TPSA) is 82.1 Å². The zero-order valence-corrected chi connectivity index (χ0v) is 21.2. The molecular weight excluding hydrogens is 482 g/mol. The van der Waals surface area contributed by atoms with Crippen molar-refractivity contribution in [3.63, 3.8) is 0 Å². The molecule has 3 heterocycles. The van der Waals surface area contributed by atoms with Crippen molar-refractivity contribution >= 4 is 29.0 Å². The molecule has 3 aromatic rings. The third-order valence-electron chi connectivity index (χ3n) is 8.28. The lowest BCUT2D eigenvalue weighted by Gasteiger charge is -2.38. The molecule has 3 aliphatic heterocycles. The van der Waals surface area contributed by atoms with E-state index in [2.05, 4.69) is 0 Å². The molecule has 0 unspecified atom stereocenters. The molecule has 0 bridgehead atoms. The largest absolute Gasteiger partial charge is 0.454 e. The number of ether oxygens (including phenoxy) is 3. The lowest BCUT2D eigenvalue weighted by atomic mass is 9.64. The molecule has 190 valence electrons. The van der Waals surface area contributed by atoms with Crippen LogP contribution in [-0.2, 0) is 14.4 Å². The van der Waals surface area contributed by atoms with E-state index in [4.69, 9.17) is 14.2 Å². The molecule has 7 heteroatoms. The lowest BCUT2D eigenvalue weighted by Crippen LogP contribution is -2.42. The molecule has 2 amide bonds. The minimum absolute atomic E-state index is 0.134. The fourth-order valence-electron chi connectivity index (χ4n) is 6.23. The molecule has 38 heavy (non-hydrogen) atoms. The zero-order valence-electron chi connectivity index (χ0n) is 21.2. The Balaban J connectivity index is 1.42. The second-order valence-electron chi connectivity index (χ2n) is 10.5. The monoisotopic (exact) mass is 507 g/mol. The quantitative estimate of drug-likeness (QED) is 0.280. The number of rotatable bonds is 2. The van der Waals surface area contributed by atoms with Crippen molar-refractivity contribution in [1.82, 2.24) is 0 Å². The van der Waals surface area contributed by atoms with E-state index in [9.17, 15) is 14.4 Å². The van der Waals surface area contributed by atoms with Gasteiger partial charge in [-0.2, -0.15) is 0 Å². The maximum atomic E-state index is 14.1. The number of amides is 2. The highest BCUT2D eigenvalue weighted by Crippen LogP contribution is 2.55. The number of carbonyl (C=O) groups excluding carboxylic acids is 3. The third kappa shape index (κ3) is 3.17. The number of hydrogen-bond acceptors (Lipinski definition) is 6. The summed E-state index contributed by atoms with van der Waals surface area (Å²) in [7, 11) is 0. The van der Waals surface area contributed by atoms with Crippen LogP contribution in [0.15, 0.2) is 60.7 Å². The van der Waals surface area contributed by atoms with Gasteiger partial charge >= 0.3 is 5.97 Å². The van der Waals surface area contributed by atoms with Gasteiger partial charge in [-0.3, -0.25) is 14.4 Å². The minimum atomic E-state index is -0.888. The first-order chi connectivity index (χ1) is 18.3. The predicted octanol–water partition coefficient (Wildman–Crippen LogP) is 4.86. The van der Waals surface area contributed by atoms with E-state index in [1.807, 2.05) is 75.4 Å². The fraction of sp³-hybridized carbons (Fsp3) is 0.258. The van der Waals surface area contributed by atoms with E-state index < -0.39 is 29.6 Å². The van der Waals surface area contributed by atoms with Crippen LogP contribution in [0, 0.1) is 38.5 Å². The van der Waals surface area contributed by atoms with Crippen LogP contribution in [0.2, 0.25) is 0 Å². The summed E-state index contributed by atoms with van der Waals surface area (Å²) in [6.45, 7) is 6.00. The standard InChI is InChI=1S/C31H25NO6/c1-15-4-8-20-22-13-21(18-6-9-23-25(12-18)37-14-36-23)26-28(27(22)31(35)38-24(20)10-15)30(34)32(29(26)33)19-7-5-16(2)17(3)11-19/h4-13,21,26-28H,14H2,1-3H3/t21-,26-,27-,28+/m1/s1. The van der Waals surface area contributed by atoms with Crippen molar-refractivity contribution < 1.29 is 28.6 Å². The predicted molar refractivity (Wildman–Crippen MR) is 139 cm³/mol. The molecule has 0 radical (unpaired) electrons. The van der Waals surface area contributed by atoms with E-state index in [0.29, 0.717) is 22.9 Å². The van der Waals surface area contributed by atoms with Crippen molar-refractivity contribution in [1.29, 1.82) is 0 Å². The smallest absolute Gasteiger partial charge is 0.319 e. The number of nitrogens with zero attached hydrogens (tertiary/aromatic N) is 1. The van der Waals surface area contributed by atoms with Crippen LogP contribution >= 0.6 is 0 Å². The molecular formula is C31H25NO6. The zero-order chi connectivity index (χ0) is 26.3. The van der Waals surface area contributed by atoms with Gasteiger partial charge in [0.1, 0.15) is 5.75 Å². The van der Waals surface area contributed by atoms with Gasteiger partial charge in [0.05, 0.1) is 23.4 Å². The second-order valence-corrected chi connectivity index (χ2v) is 10.5. The molecule has 1 fully saturated rings. The molecule has 7 nitrogen and oxygen atoms in total. The normalized spacial score (nSPS) is 25.0. The summed E-state index contributed by atoms with van der Waals surface area (Å²) in [4.78, 5) is 42.9. The van der Waals surface area contributed by atoms with E-state index in [0.717, 1.165) is 33.4 Å².